The number of hydrogen-bond donors (Lipinski definition) is 0. The highest BCUT2D eigenvalue weighted by atomic mass is 35.5. The van der Waals surface area contributed by atoms with Crippen molar-refractivity contribution < 1.29 is 13.9 Å². The van der Waals surface area contributed by atoms with Gasteiger partial charge < -0.3 is 4.74 Å². The first-order valence-corrected chi connectivity index (χ1v) is 7.41. The maximum absolute atomic E-state index is 13.9. The van der Waals surface area contributed by atoms with Gasteiger partial charge in [-0.15, -0.1) is 0 Å². The maximum Gasteiger partial charge on any atom is 0.340 e. The Morgan fingerprint density at radius 2 is 2.17 bits per heavy atom. The van der Waals surface area contributed by atoms with Gasteiger partial charge in [0.15, 0.2) is 5.65 Å². The number of methoxy groups -OCH3 is 1. The largest absolute Gasteiger partial charge is 0.465 e. The van der Waals surface area contributed by atoms with Gasteiger partial charge in [0.05, 0.1) is 23.9 Å². The third kappa shape index (κ3) is 2.84. The van der Waals surface area contributed by atoms with Gasteiger partial charge in [-0.2, -0.15) is 0 Å². The summed E-state index contributed by atoms with van der Waals surface area (Å²) in [6.45, 7) is 1.72. The fourth-order valence-electron chi connectivity index (χ4n) is 2.27. The molecule has 0 spiro atoms. The molecule has 24 heavy (non-hydrogen) atoms. The number of imidazole rings is 1. The number of ether oxygens (including phenoxy) is 1. The van der Waals surface area contributed by atoms with Gasteiger partial charge >= 0.3 is 5.97 Å². The molecule has 3 aromatic rings. The minimum absolute atomic E-state index is 0.145. The molecule has 3 rings (SSSR count). The van der Waals surface area contributed by atoms with Crippen LogP contribution in [0.4, 0.5) is 4.39 Å². The normalized spacial score (nSPS) is 10.3. The van der Waals surface area contributed by atoms with E-state index in [1.54, 1.807) is 35.9 Å². The third-order valence-electron chi connectivity index (χ3n) is 3.53. The monoisotopic (exact) mass is 342 g/mol. The summed E-state index contributed by atoms with van der Waals surface area (Å²) in [5.74, 6) is 4.55. The molecule has 0 bridgehead atoms. The van der Waals surface area contributed by atoms with Gasteiger partial charge in [-0.05, 0) is 42.7 Å². The van der Waals surface area contributed by atoms with Crippen molar-refractivity contribution in [3.8, 4) is 11.8 Å². The van der Waals surface area contributed by atoms with Crippen LogP contribution in [0, 0.1) is 24.6 Å². The van der Waals surface area contributed by atoms with Crippen LogP contribution in [0.1, 0.15) is 27.2 Å². The second kappa shape index (κ2) is 6.34. The predicted molar refractivity (Wildman–Crippen MR) is 88.7 cm³/mol. The zero-order valence-electron chi connectivity index (χ0n) is 12.9. The molecule has 0 saturated carbocycles. The first-order valence-electron chi connectivity index (χ1n) is 7.03. The molecule has 2 aromatic heterocycles. The van der Waals surface area contributed by atoms with Crippen LogP contribution < -0.4 is 0 Å². The fraction of sp³-hybridized carbons (Fsp3) is 0.111. The van der Waals surface area contributed by atoms with E-state index in [-0.39, 0.29) is 5.56 Å². The van der Waals surface area contributed by atoms with Crippen molar-refractivity contribution in [2.45, 2.75) is 6.92 Å². The molecule has 0 saturated heterocycles. The Kier molecular flexibility index (Phi) is 4.24. The molecule has 1 aromatic carbocycles. The van der Waals surface area contributed by atoms with Crippen molar-refractivity contribution in [1.82, 2.24) is 9.38 Å². The van der Waals surface area contributed by atoms with Gasteiger partial charge in [-0.25, -0.2) is 14.2 Å². The molecule has 120 valence electrons. The third-order valence-corrected chi connectivity index (χ3v) is 3.83. The van der Waals surface area contributed by atoms with Crippen LogP contribution in [0.5, 0.6) is 0 Å². The fourth-order valence-corrected chi connectivity index (χ4v) is 2.49. The number of carbonyl (C=O) groups is 1. The van der Waals surface area contributed by atoms with Crippen LogP contribution in [0.15, 0.2) is 36.7 Å². The number of carbonyl (C=O) groups excluding carboxylic acids is 1. The number of pyridine rings is 1. The minimum atomic E-state index is -0.739. The Balaban J connectivity index is 2.07. The van der Waals surface area contributed by atoms with Crippen molar-refractivity contribution in [3.05, 3.63) is 69.9 Å². The molecular weight excluding hydrogens is 331 g/mol. The quantitative estimate of drug-likeness (QED) is 0.501. The van der Waals surface area contributed by atoms with Gasteiger partial charge in [-0.1, -0.05) is 17.5 Å². The summed E-state index contributed by atoms with van der Waals surface area (Å²) in [6, 6.07) is 6.19. The lowest BCUT2D eigenvalue weighted by molar-refractivity contribution is 0.0595. The highest BCUT2D eigenvalue weighted by Gasteiger charge is 2.14. The van der Waals surface area contributed by atoms with E-state index in [0.29, 0.717) is 27.5 Å². The van der Waals surface area contributed by atoms with Crippen molar-refractivity contribution in [2.75, 3.05) is 7.11 Å². The zero-order valence-corrected chi connectivity index (χ0v) is 13.7. The van der Waals surface area contributed by atoms with Crippen LogP contribution in [-0.4, -0.2) is 22.5 Å². The average Bonchev–Trinajstić information content (AvgIpc) is 2.98. The second-order valence-corrected chi connectivity index (χ2v) is 5.49. The zero-order chi connectivity index (χ0) is 17.3. The lowest BCUT2D eigenvalue weighted by Gasteiger charge is -2.04. The number of fused-ring (bicyclic) bond motifs is 1. The Morgan fingerprint density at radius 1 is 1.38 bits per heavy atom. The van der Waals surface area contributed by atoms with E-state index >= 15 is 0 Å². The number of benzene rings is 1. The highest BCUT2D eigenvalue weighted by molar-refractivity contribution is 6.33. The van der Waals surface area contributed by atoms with Crippen LogP contribution in [0.3, 0.4) is 0 Å². The SMILES string of the molecule is COC(=O)c1cc(C#Cc2cnc3c(Cl)cccn23)c(C)cc1F. The first-order chi connectivity index (χ1) is 11.5. The molecule has 0 atom stereocenters. The molecule has 0 unspecified atom stereocenters. The molecule has 0 fully saturated rings. The van der Waals surface area contributed by atoms with Crippen LogP contribution in [0.25, 0.3) is 5.65 Å². The summed E-state index contributed by atoms with van der Waals surface area (Å²) in [5, 5.41) is 0.525. The van der Waals surface area contributed by atoms with Gasteiger partial charge in [-0.3, -0.25) is 4.40 Å². The van der Waals surface area contributed by atoms with E-state index < -0.39 is 11.8 Å². The first kappa shape index (κ1) is 16.0. The summed E-state index contributed by atoms with van der Waals surface area (Å²) < 4.78 is 20.2. The number of hydrogen-bond acceptors (Lipinski definition) is 3. The number of rotatable bonds is 1. The molecule has 0 N–H and O–H groups in total. The van der Waals surface area contributed by atoms with E-state index in [9.17, 15) is 9.18 Å². The van der Waals surface area contributed by atoms with Crippen LogP contribution >= 0.6 is 11.6 Å². The summed E-state index contributed by atoms with van der Waals surface area (Å²) in [4.78, 5) is 15.8. The number of aryl methyl sites for hydroxylation is 1. The van der Waals surface area contributed by atoms with Gasteiger partial charge in [0.2, 0.25) is 0 Å². The molecule has 0 aliphatic carbocycles. The summed E-state index contributed by atoms with van der Waals surface area (Å²) >= 11 is 6.08. The molecule has 0 amide bonds. The standard InChI is InChI=1S/C18H12ClFN2O2/c1-11-8-16(20)14(18(23)24-2)9-12(11)5-6-13-10-21-17-15(19)4-3-7-22(13)17/h3-4,7-10H,1-2H3. The van der Waals surface area contributed by atoms with Crippen molar-refractivity contribution in [3.63, 3.8) is 0 Å². The topological polar surface area (TPSA) is 43.6 Å². The molecule has 0 aliphatic heterocycles. The number of esters is 1. The molecule has 6 heteroatoms. The Labute approximate surface area is 142 Å². The smallest absolute Gasteiger partial charge is 0.340 e. The van der Waals surface area contributed by atoms with Crippen molar-refractivity contribution in [2.24, 2.45) is 0 Å². The van der Waals surface area contributed by atoms with Crippen molar-refractivity contribution >= 4 is 23.2 Å². The van der Waals surface area contributed by atoms with E-state index in [4.69, 9.17) is 11.6 Å². The molecule has 2 heterocycles. The summed E-state index contributed by atoms with van der Waals surface area (Å²) in [5.41, 5.74) is 2.26. The minimum Gasteiger partial charge on any atom is -0.465 e. The van der Waals surface area contributed by atoms with E-state index in [1.165, 1.54) is 19.2 Å². The number of aromatic nitrogens is 2. The van der Waals surface area contributed by atoms with Gasteiger partial charge in [0.1, 0.15) is 11.5 Å². The summed E-state index contributed by atoms with van der Waals surface area (Å²) in [7, 11) is 1.20. The Morgan fingerprint density at radius 3 is 2.92 bits per heavy atom. The number of nitrogens with zero attached hydrogens (tertiary/aromatic N) is 2. The molecule has 0 radical (unpaired) electrons. The summed E-state index contributed by atoms with van der Waals surface area (Å²) in [6.07, 6.45) is 3.41. The van der Waals surface area contributed by atoms with E-state index in [1.807, 2.05) is 0 Å². The number of halogens is 2. The van der Waals surface area contributed by atoms with Crippen LogP contribution in [-0.2, 0) is 4.74 Å². The average molecular weight is 343 g/mol. The Bertz CT molecular complexity index is 1020. The lowest BCUT2D eigenvalue weighted by Crippen LogP contribution is -2.05. The van der Waals surface area contributed by atoms with Crippen LogP contribution in [0.2, 0.25) is 5.02 Å². The second-order valence-electron chi connectivity index (χ2n) is 5.08. The van der Waals surface area contributed by atoms with Gasteiger partial charge in [0.25, 0.3) is 0 Å². The van der Waals surface area contributed by atoms with Crippen molar-refractivity contribution in [1.29, 1.82) is 0 Å². The molecule has 0 aliphatic rings. The van der Waals surface area contributed by atoms with E-state index in [2.05, 4.69) is 21.6 Å². The van der Waals surface area contributed by atoms with E-state index in [0.717, 1.165) is 0 Å². The Hall–Kier alpha value is -2.84. The highest BCUT2D eigenvalue weighted by Crippen LogP contribution is 2.18. The van der Waals surface area contributed by atoms with Gasteiger partial charge in [0, 0.05) is 11.8 Å². The molecule has 4 nitrogen and oxygen atoms in total. The maximum atomic E-state index is 13.9. The lowest BCUT2D eigenvalue weighted by atomic mass is 10.0. The predicted octanol–water partition coefficient (Wildman–Crippen LogP) is 3.62. The molecular formula is C18H12ClFN2O2.